The minimum absolute atomic E-state index is 0. The molecule has 0 saturated carbocycles. The topological polar surface area (TPSA) is 119 Å². The highest BCUT2D eigenvalue weighted by atomic mass is 35.5. The first-order valence-electron chi connectivity index (χ1n) is 11.8. The predicted octanol–water partition coefficient (Wildman–Crippen LogP) is 3.52. The van der Waals surface area contributed by atoms with E-state index in [1.807, 2.05) is 35.2 Å². The fourth-order valence-corrected chi connectivity index (χ4v) is 5.26. The van der Waals surface area contributed by atoms with E-state index >= 15 is 0 Å². The Kier molecular flexibility index (Phi) is 9.64. The van der Waals surface area contributed by atoms with Gasteiger partial charge in [0.05, 0.1) is 6.04 Å². The van der Waals surface area contributed by atoms with Gasteiger partial charge in [-0.15, -0.1) is 0 Å². The van der Waals surface area contributed by atoms with Gasteiger partial charge in [0.25, 0.3) is 0 Å². The lowest BCUT2D eigenvalue weighted by atomic mass is 9.86. The first-order chi connectivity index (χ1) is 17.0. The predicted molar refractivity (Wildman–Crippen MR) is 136 cm³/mol. The molecule has 192 valence electrons. The second kappa shape index (κ2) is 12.7. The van der Waals surface area contributed by atoms with Crippen molar-refractivity contribution in [3.05, 3.63) is 82.4 Å². The van der Waals surface area contributed by atoms with Gasteiger partial charge in [-0.3, -0.25) is 14.6 Å². The first kappa shape index (κ1) is 27.4. The average molecular weight is 515 g/mol. The number of halogens is 1. The molecule has 2 unspecified atom stereocenters. The van der Waals surface area contributed by atoms with Crippen molar-refractivity contribution in [2.24, 2.45) is 5.92 Å². The van der Waals surface area contributed by atoms with Gasteiger partial charge in [-0.1, -0.05) is 48.0 Å². The maximum Gasteiger partial charge on any atom is 0.410 e. The first-order valence-corrected chi connectivity index (χ1v) is 12.2. The third-order valence-electron chi connectivity index (χ3n) is 6.87. The number of benzene rings is 2. The van der Waals surface area contributed by atoms with Crippen LogP contribution in [0.15, 0.2) is 60.7 Å². The molecule has 0 radical (unpaired) electrons. The molecule has 0 spiro atoms. The number of nitrogens with zero attached hydrogens (tertiary/aromatic N) is 2. The molecule has 3 fully saturated rings. The standard InChI is InChI=1S/C23H25ClN2O2.C4H4O3.H2O/c24-19-7-5-18(6-8-19)22-20-4-2-1-3-16(20)11-14-26(22)23(27)28-21-15-25-12-9-17(21)10-13-25;5-3-1-2-4(6)7;/h1-8,17,21-22H,9-15H2;1-3H,(H,6,7);1H2/b;2-1+;. The van der Waals surface area contributed by atoms with Crippen LogP contribution in [0.25, 0.3) is 0 Å². The highest BCUT2D eigenvalue weighted by Crippen LogP contribution is 2.37. The fourth-order valence-electron chi connectivity index (χ4n) is 5.13. The van der Waals surface area contributed by atoms with Crippen LogP contribution in [-0.2, 0) is 20.7 Å². The van der Waals surface area contributed by atoms with E-state index in [4.69, 9.17) is 21.4 Å². The van der Waals surface area contributed by atoms with Crippen molar-refractivity contribution in [3.8, 4) is 0 Å². The van der Waals surface area contributed by atoms with Crippen LogP contribution in [0.1, 0.15) is 35.6 Å². The van der Waals surface area contributed by atoms with Crippen LogP contribution in [0.3, 0.4) is 0 Å². The van der Waals surface area contributed by atoms with Crippen molar-refractivity contribution in [1.82, 2.24) is 9.80 Å². The Balaban J connectivity index is 0.000000400. The van der Waals surface area contributed by atoms with Crippen molar-refractivity contribution >= 4 is 29.9 Å². The summed E-state index contributed by atoms with van der Waals surface area (Å²) in [6.07, 6.45) is 5.08. The second-order valence-electron chi connectivity index (χ2n) is 8.99. The SMILES string of the molecule is O.O=C(OC1CN2CCC1CC2)N1CCc2ccccc2C1c1ccc(Cl)cc1.O=C/C=C/C(=O)O. The molecule has 0 aliphatic carbocycles. The van der Waals surface area contributed by atoms with Crippen molar-refractivity contribution < 1.29 is 29.7 Å². The minimum atomic E-state index is -1.10. The number of aliphatic carboxylic acids is 1. The maximum atomic E-state index is 13.3. The molecule has 4 heterocycles. The van der Waals surface area contributed by atoms with Crippen LogP contribution in [0, 0.1) is 5.92 Å². The molecule has 0 aromatic heterocycles. The number of carboxylic acid groups (broad SMARTS) is 1. The Morgan fingerprint density at radius 1 is 1.03 bits per heavy atom. The normalized spacial score (nSPS) is 24.1. The monoisotopic (exact) mass is 514 g/mol. The van der Waals surface area contributed by atoms with E-state index in [1.54, 1.807) is 0 Å². The van der Waals surface area contributed by atoms with E-state index in [2.05, 4.69) is 23.1 Å². The zero-order chi connectivity index (χ0) is 24.8. The molecule has 2 aromatic rings. The van der Waals surface area contributed by atoms with Crippen molar-refractivity contribution in [1.29, 1.82) is 0 Å². The molecule has 9 heteroatoms. The number of hydrogen-bond acceptors (Lipinski definition) is 5. The Labute approximate surface area is 215 Å². The lowest BCUT2D eigenvalue weighted by Crippen LogP contribution is -2.53. The largest absolute Gasteiger partial charge is 0.478 e. The van der Waals surface area contributed by atoms with Gasteiger partial charge in [0, 0.05) is 24.2 Å². The maximum absolute atomic E-state index is 13.3. The number of ether oxygens (including phenoxy) is 1. The van der Waals surface area contributed by atoms with Crippen molar-refractivity contribution in [2.75, 3.05) is 26.2 Å². The number of carboxylic acids is 1. The summed E-state index contributed by atoms with van der Waals surface area (Å²) in [6, 6.07) is 16.1. The molecule has 6 rings (SSSR count). The lowest BCUT2D eigenvalue weighted by molar-refractivity contribution is -0.131. The van der Waals surface area contributed by atoms with Gasteiger partial charge in [0.15, 0.2) is 0 Å². The fraction of sp³-hybridized carbons (Fsp3) is 0.370. The molecular weight excluding hydrogens is 484 g/mol. The van der Waals surface area contributed by atoms with E-state index < -0.39 is 5.97 Å². The van der Waals surface area contributed by atoms with Gasteiger partial charge in [0.2, 0.25) is 0 Å². The number of amides is 1. The molecule has 3 saturated heterocycles. The zero-order valence-corrected chi connectivity index (χ0v) is 20.6. The summed E-state index contributed by atoms with van der Waals surface area (Å²) in [5.74, 6) is -0.591. The Bertz CT molecular complexity index is 1080. The molecule has 4 aliphatic rings. The summed E-state index contributed by atoms with van der Waals surface area (Å²) >= 11 is 6.10. The zero-order valence-electron chi connectivity index (χ0n) is 19.9. The van der Waals surface area contributed by atoms with Crippen LogP contribution < -0.4 is 0 Å². The van der Waals surface area contributed by atoms with Gasteiger partial charge in [-0.2, -0.15) is 0 Å². The lowest BCUT2D eigenvalue weighted by Gasteiger charge is -2.45. The number of carbonyl (C=O) groups excluding carboxylic acids is 2. The molecule has 8 nitrogen and oxygen atoms in total. The van der Waals surface area contributed by atoms with Gasteiger partial charge >= 0.3 is 12.1 Å². The number of rotatable bonds is 4. The number of fused-ring (bicyclic) bond motifs is 4. The van der Waals surface area contributed by atoms with Crippen LogP contribution >= 0.6 is 11.6 Å². The quantitative estimate of drug-likeness (QED) is 0.492. The van der Waals surface area contributed by atoms with E-state index in [-0.39, 0.29) is 23.7 Å². The summed E-state index contributed by atoms with van der Waals surface area (Å²) in [6.45, 7) is 3.84. The van der Waals surface area contributed by atoms with Crippen LogP contribution in [0.4, 0.5) is 4.79 Å². The number of piperidine rings is 3. The summed E-state index contributed by atoms with van der Waals surface area (Å²) in [7, 11) is 0. The summed E-state index contributed by atoms with van der Waals surface area (Å²) < 4.78 is 6.07. The molecule has 36 heavy (non-hydrogen) atoms. The van der Waals surface area contributed by atoms with E-state index in [1.165, 1.54) is 11.1 Å². The molecule has 1 amide bonds. The Morgan fingerprint density at radius 3 is 2.31 bits per heavy atom. The number of aldehydes is 1. The summed E-state index contributed by atoms with van der Waals surface area (Å²) in [5, 5.41) is 8.50. The number of hydrogen-bond donors (Lipinski definition) is 1. The van der Waals surface area contributed by atoms with Gasteiger partial charge in [-0.25, -0.2) is 9.59 Å². The van der Waals surface area contributed by atoms with Gasteiger partial charge in [-0.05, 0) is 73.2 Å². The van der Waals surface area contributed by atoms with Crippen LogP contribution in [-0.4, -0.2) is 71.0 Å². The highest BCUT2D eigenvalue weighted by Gasteiger charge is 2.39. The highest BCUT2D eigenvalue weighted by molar-refractivity contribution is 6.30. The van der Waals surface area contributed by atoms with Gasteiger partial charge < -0.3 is 15.3 Å². The molecule has 2 atom stereocenters. The average Bonchev–Trinajstić information content (AvgIpc) is 2.88. The molecule has 4 aliphatic heterocycles. The van der Waals surface area contributed by atoms with Crippen LogP contribution in [0.2, 0.25) is 5.02 Å². The summed E-state index contributed by atoms with van der Waals surface area (Å²) in [5.41, 5.74) is 3.55. The number of carbonyl (C=O) groups is 3. The van der Waals surface area contributed by atoms with Crippen molar-refractivity contribution in [2.45, 2.75) is 31.4 Å². The third kappa shape index (κ3) is 6.51. The molecular formula is C27H31ClN2O6. The Hall–Kier alpha value is -3.20. The summed E-state index contributed by atoms with van der Waals surface area (Å²) in [4.78, 5) is 36.5. The Morgan fingerprint density at radius 2 is 1.72 bits per heavy atom. The van der Waals surface area contributed by atoms with E-state index in [0.717, 1.165) is 56.6 Å². The molecule has 2 bridgehead atoms. The van der Waals surface area contributed by atoms with Gasteiger partial charge in [0.1, 0.15) is 12.4 Å². The minimum Gasteiger partial charge on any atom is -0.478 e. The van der Waals surface area contributed by atoms with E-state index in [9.17, 15) is 14.4 Å². The molecule has 2 aromatic carbocycles. The number of allylic oxidation sites excluding steroid dienone is 1. The van der Waals surface area contributed by atoms with E-state index in [0.29, 0.717) is 23.8 Å². The second-order valence-corrected chi connectivity index (χ2v) is 9.43. The van der Waals surface area contributed by atoms with Crippen molar-refractivity contribution in [3.63, 3.8) is 0 Å². The van der Waals surface area contributed by atoms with Crippen LogP contribution in [0.5, 0.6) is 0 Å². The third-order valence-corrected chi connectivity index (χ3v) is 7.12. The smallest absolute Gasteiger partial charge is 0.410 e. The molecule has 3 N–H and O–H groups in total.